The zero-order valence-electron chi connectivity index (χ0n) is 11.2. The highest BCUT2D eigenvalue weighted by molar-refractivity contribution is 6.06. The maximum atomic E-state index is 12.5. The Morgan fingerprint density at radius 2 is 2.11 bits per heavy atom. The average molecular weight is 244 g/mol. The molecule has 0 atom stereocenters. The van der Waals surface area contributed by atoms with E-state index in [1.807, 2.05) is 42.3 Å². The Morgan fingerprint density at radius 1 is 1.33 bits per heavy atom. The van der Waals surface area contributed by atoms with Crippen molar-refractivity contribution in [2.75, 3.05) is 13.1 Å². The third kappa shape index (κ3) is 2.40. The van der Waals surface area contributed by atoms with Gasteiger partial charge in [-0.1, -0.05) is 19.9 Å². The molecule has 1 N–H and O–H groups in total. The lowest BCUT2D eigenvalue weighted by Gasteiger charge is -2.23. The number of aromatic nitrogens is 1. The topological polar surface area (TPSA) is 36.1 Å². The van der Waals surface area contributed by atoms with Crippen LogP contribution in [0.2, 0.25) is 0 Å². The molecule has 2 rings (SSSR count). The summed E-state index contributed by atoms with van der Waals surface area (Å²) in [5.74, 6) is 0.607. The predicted octanol–water partition coefficient (Wildman–Crippen LogP) is 3.29. The zero-order chi connectivity index (χ0) is 13.1. The number of amides is 1. The Morgan fingerprint density at radius 3 is 2.78 bits per heavy atom. The number of carbonyl (C=O) groups excluding carboxylic acids is 1. The molecule has 0 fully saturated rings. The van der Waals surface area contributed by atoms with E-state index in [-0.39, 0.29) is 5.91 Å². The van der Waals surface area contributed by atoms with E-state index < -0.39 is 0 Å². The van der Waals surface area contributed by atoms with Gasteiger partial charge in [-0.15, -0.1) is 0 Å². The first kappa shape index (κ1) is 12.7. The summed E-state index contributed by atoms with van der Waals surface area (Å²) in [6.45, 7) is 7.84. The molecule has 1 heterocycles. The van der Waals surface area contributed by atoms with Crippen molar-refractivity contribution in [1.29, 1.82) is 0 Å². The Kier molecular flexibility index (Phi) is 3.70. The SMILES string of the molecule is CCN(CC(C)C)C(=O)c1cccc2[nH]ccc12. The van der Waals surface area contributed by atoms with Crippen LogP contribution >= 0.6 is 0 Å². The quantitative estimate of drug-likeness (QED) is 0.880. The van der Waals surface area contributed by atoms with Crippen LogP contribution in [0.4, 0.5) is 0 Å². The van der Waals surface area contributed by atoms with Crippen LogP contribution in [0.1, 0.15) is 31.1 Å². The van der Waals surface area contributed by atoms with Gasteiger partial charge in [0.1, 0.15) is 0 Å². The van der Waals surface area contributed by atoms with Gasteiger partial charge in [-0.3, -0.25) is 4.79 Å². The molecule has 2 aromatic rings. The third-order valence-corrected chi connectivity index (χ3v) is 3.08. The third-order valence-electron chi connectivity index (χ3n) is 3.08. The maximum Gasteiger partial charge on any atom is 0.254 e. The molecule has 1 amide bonds. The van der Waals surface area contributed by atoms with Gasteiger partial charge in [-0.2, -0.15) is 0 Å². The van der Waals surface area contributed by atoms with E-state index in [1.54, 1.807) is 0 Å². The van der Waals surface area contributed by atoms with Crippen LogP contribution in [0.25, 0.3) is 10.9 Å². The molecule has 3 nitrogen and oxygen atoms in total. The number of H-pyrrole nitrogens is 1. The fourth-order valence-electron chi connectivity index (χ4n) is 2.24. The number of benzene rings is 1. The summed E-state index contributed by atoms with van der Waals surface area (Å²) in [4.78, 5) is 17.6. The Labute approximate surface area is 108 Å². The lowest BCUT2D eigenvalue weighted by molar-refractivity contribution is 0.0748. The lowest BCUT2D eigenvalue weighted by atomic mass is 10.1. The van der Waals surface area contributed by atoms with Crippen LogP contribution in [0.15, 0.2) is 30.5 Å². The summed E-state index contributed by atoms with van der Waals surface area (Å²) in [7, 11) is 0. The van der Waals surface area contributed by atoms with Crippen molar-refractivity contribution in [3.63, 3.8) is 0 Å². The van der Waals surface area contributed by atoms with Gasteiger partial charge in [0.15, 0.2) is 0 Å². The summed E-state index contributed by atoms with van der Waals surface area (Å²) in [6.07, 6.45) is 1.88. The maximum absolute atomic E-state index is 12.5. The van der Waals surface area contributed by atoms with Crippen LogP contribution < -0.4 is 0 Å². The van der Waals surface area contributed by atoms with Gasteiger partial charge in [0.2, 0.25) is 0 Å². The summed E-state index contributed by atoms with van der Waals surface area (Å²) in [5.41, 5.74) is 1.80. The number of hydrogen-bond donors (Lipinski definition) is 1. The highest BCUT2D eigenvalue weighted by atomic mass is 16.2. The fraction of sp³-hybridized carbons (Fsp3) is 0.400. The van der Waals surface area contributed by atoms with Crippen LogP contribution in [-0.4, -0.2) is 28.9 Å². The Balaban J connectivity index is 2.35. The van der Waals surface area contributed by atoms with Gasteiger partial charge in [-0.25, -0.2) is 0 Å². The minimum atomic E-state index is 0.122. The molecule has 0 saturated heterocycles. The minimum absolute atomic E-state index is 0.122. The average Bonchev–Trinajstić information content (AvgIpc) is 2.82. The fourth-order valence-corrected chi connectivity index (χ4v) is 2.24. The molecule has 0 saturated carbocycles. The molecule has 0 aliphatic heterocycles. The van der Waals surface area contributed by atoms with Crippen LogP contribution in [0.5, 0.6) is 0 Å². The molecule has 1 aromatic heterocycles. The second kappa shape index (κ2) is 5.25. The van der Waals surface area contributed by atoms with E-state index >= 15 is 0 Å². The Bertz CT molecular complexity index is 542. The molecule has 96 valence electrons. The van der Waals surface area contributed by atoms with E-state index in [4.69, 9.17) is 0 Å². The minimum Gasteiger partial charge on any atom is -0.361 e. The highest BCUT2D eigenvalue weighted by Gasteiger charge is 2.17. The van der Waals surface area contributed by atoms with Gasteiger partial charge in [0.05, 0.1) is 0 Å². The van der Waals surface area contributed by atoms with Crippen molar-refractivity contribution in [1.82, 2.24) is 9.88 Å². The molecule has 0 bridgehead atoms. The van der Waals surface area contributed by atoms with Crippen LogP contribution in [0.3, 0.4) is 0 Å². The normalized spacial score (nSPS) is 11.1. The Hall–Kier alpha value is -1.77. The molecule has 0 unspecified atom stereocenters. The standard InChI is InChI=1S/C15H20N2O/c1-4-17(10-11(2)3)15(18)13-6-5-7-14-12(13)8-9-16-14/h5-9,11,16H,4,10H2,1-3H3. The van der Waals surface area contributed by atoms with Gasteiger partial charge in [-0.05, 0) is 31.0 Å². The van der Waals surface area contributed by atoms with E-state index in [1.165, 1.54) is 0 Å². The molecular weight excluding hydrogens is 224 g/mol. The number of nitrogens with zero attached hydrogens (tertiary/aromatic N) is 1. The van der Waals surface area contributed by atoms with Gasteiger partial charge in [0, 0.05) is 35.8 Å². The second-order valence-electron chi connectivity index (χ2n) is 4.98. The van der Waals surface area contributed by atoms with Crippen molar-refractivity contribution in [3.05, 3.63) is 36.0 Å². The molecule has 0 spiro atoms. The molecular formula is C15H20N2O. The van der Waals surface area contributed by atoms with Crippen molar-refractivity contribution in [2.24, 2.45) is 5.92 Å². The second-order valence-corrected chi connectivity index (χ2v) is 4.98. The first-order chi connectivity index (χ1) is 8.63. The predicted molar refractivity (Wildman–Crippen MR) is 74.7 cm³/mol. The highest BCUT2D eigenvalue weighted by Crippen LogP contribution is 2.19. The summed E-state index contributed by atoms with van der Waals surface area (Å²) < 4.78 is 0. The van der Waals surface area contributed by atoms with E-state index in [0.717, 1.165) is 29.6 Å². The summed E-state index contributed by atoms with van der Waals surface area (Å²) in [5, 5.41) is 1.00. The number of nitrogens with one attached hydrogen (secondary N) is 1. The van der Waals surface area contributed by atoms with E-state index in [0.29, 0.717) is 5.92 Å². The first-order valence-corrected chi connectivity index (χ1v) is 6.48. The number of aromatic amines is 1. The molecule has 0 aliphatic carbocycles. The summed E-state index contributed by atoms with van der Waals surface area (Å²) in [6, 6.07) is 7.79. The number of hydrogen-bond acceptors (Lipinski definition) is 1. The largest absolute Gasteiger partial charge is 0.361 e. The zero-order valence-corrected chi connectivity index (χ0v) is 11.2. The van der Waals surface area contributed by atoms with Gasteiger partial charge >= 0.3 is 0 Å². The lowest BCUT2D eigenvalue weighted by Crippen LogP contribution is -2.34. The van der Waals surface area contributed by atoms with Crippen molar-refractivity contribution in [2.45, 2.75) is 20.8 Å². The molecule has 0 radical (unpaired) electrons. The van der Waals surface area contributed by atoms with Crippen molar-refractivity contribution >= 4 is 16.8 Å². The molecule has 3 heteroatoms. The van der Waals surface area contributed by atoms with Gasteiger partial charge < -0.3 is 9.88 Å². The number of fused-ring (bicyclic) bond motifs is 1. The van der Waals surface area contributed by atoms with Gasteiger partial charge in [0.25, 0.3) is 5.91 Å². The van der Waals surface area contributed by atoms with E-state index in [2.05, 4.69) is 18.8 Å². The molecule has 18 heavy (non-hydrogen) atoms. The number of rotatable bonds is 4. The first-order valence-electron chi connectivity index (χ1n) is 6.48. The summed E-state index contributed by atoms with van der Waals surface area (Å²) >= 11 is 0. The van der Waals surface area contributed by atoms with Crippen molar-refractivity contribution in [3.8, 4) is 0 Å². The molecule has 0 aliphatic rings. The van der Waals surface area contributed by atoms with Crippen molar-refractivity contribution < 1.29 is 4.79 Å². The van der Waals surface area contributed by atoms with E-state index in [9.17, 15) is 4.79 Å². The monoisotopic (exact) mass is 244 g/mol. The van der Waals surface area contributed by atoms with Crippen LogP contribution in [0, 0.1) is 5.92 Å². The van der Waals surface area contributed by atoms with Crippen LogP contribution in [-0.2, 0) is 0 Å². The smallest absolute Gasteiger partial charge is 0.254 e. The molecule has 1 aromatic carbocycles. The number of carbonyl (C=O) groups is 1.